The van der Waals surface area contributed by atoms with Gasteiger partial charge in [-0.2, -0.15) is 0 Å². The minimum absolute atomic E-state index is 0.0248. The van der Waals surface area contributed by atoms with Gasteiger partial charge in [0.15, 0.2) is 0 Å². The smallest absolute Gasteiger partial charge is 0.227 e. The van der Waals surface area contributed by atoms with Crippen LogP contribution in [0, 0.1) is 5.92 Å². The van der Waals surface area contributed by atoms with Gasteiger partial charge in [0, 0.05) is 17.0 Å². The summed E-state index contributed by atoms with van der Waals surface area (Å²) in [5.74, 6) is -0.0363. The third kappa shape index (κ3) is 2.68. The van der Waals surface area contributed by atoms with Crippen molar-refractivity contribution in [3.05, 3.63) is 42.5 Å². The summed E-state index contributed by atoms with van der Waals surface area (Å²) in [6.07, 6.45) is 0.705. The summed E-state index contributed by atoms with van der Waals surface area (Å²) >= 11 is 0. The number of hydrogen-bond donors (Lipinski definition) is 2. The highest BCUT2D eigenvalue weighted by Gasteiger charge is 2.12. The van der Waals surface area contributed by atoms with Crippen LogP contribution in [0.3, 0.4) is 0 Å². The maximum Gasteiger partial charge on any atom is 0.227 e. The normalized spacial score (nSPS) is 12.3. The first-order chi connectivity index (χ1) is 8.72. The number of rotatable bonds is 4. The first kappa shape index (κ1) is 12.6. The van der Waals surface area contributed by atoms with Gasteiger partial charge in [0.05, 0.1) is 0 Å². The molecular weight excluding hydrogens is 224 g/mol. The Labute approximate surface area is 107 Å². The third-order valence-electron chi connectivity index (χ3n) is 3.09. The molecule has 0 bridgehead atoms. The number of benzene rings is 2. The fraction of sp³-hybridized carbons (Fsp3) is 0.267. The van der Waals surface area contributed by atoms with Crippen molar-refractivity contribution in [2.24, 2.45) is 11.7 Å². The molecule has 1 amide bonds. The van der Waals surface area contributed by atoms with Crippen molar-refractivity contribution in [2.45, 2.75) is 13.3 Å². The number of amides is 1. The molecule has 2 aromatic rings. The number of carbonyl (C=O) groups excluding carboxylic acids is 1. The van der Waals surface area contributed by atoms with Gasteiger partial charge >= 0.3 is 0 Å². The molecule has 2 rings (SSSR count). The Hall–Kier alpha value is -1.87. The van der Waals surface area contributed by atoms with Crippen molar-refractivity contribution >= 4 is 22.4 Å². The number of hydrogen-bond acceptors (Lipinski definition) is 2. The molecule has 3 nitrogen and oxygen atoms in total. The summed E-state index contributed by atoms with van der Waals surface area (Å²) in [4.78, 5) is 12.0. The van der Waals surface area contributed by atoms with E-state index in [-0.39, 0.29) is 11.8 Å². The Kier molecular flexibility index (Phi) is 3.95. The molecule has 1 unspecified atom stereocenters. The van der Waals surface area contributed by atoms with Crippen LogP contribution in [0.5, 0.6) is 0 Å². The molecule has 0 heterocycles. The van der Waals surface area contributed by atoms with E-state index in [1.54, 1.807) is 0 Å². The molecule has 94 valence electrons. The van der Waals surface area contributed by atoms with E-state index in [0.29, 0.717) is 13.0 Å². The first-order valence-electron chi connectivity index (χ1n) is 6.21. The molecule has 0 aliphatic carbocycles. The lowest BCUT2D eigenvalue weighted by molar-refractivity contribution is -0.119. The first-order valence-corrected chi connectivity index (χ1v) is 6.21. The fourth-order valence-electron chi connectivity index (χ4n) is 1.97. The Morgan fingerprint density at radius 1 is 1.22 bits per heavy atom. The number of nitrogens with two attached hydrogens (primary N) is 1. The Morgan fingerprint density at radius 2 is 1.94 bits per heavy atom. The average molecular weight is 242 g/mol. The van der Waals surface area contributed by atoms with Crippen molar-refractivity contribution in [1.82, 2.24) is 0 Å². The van der Waals surface area contributed by atoms with E-state index in [1.807, 2.05) is 49.4 Å². The zero-order valence-corrected chi connectivity index (χ0v) is 10.5. The summed E-state index contributed by atoms with van der Waals surface area (Å²) < 4.78 is 0. The van der Waals surface area contributed by atoms with Gasteiger partial charge in [0.2, 0.25) is 5.91 Å². The SMILES string of the molecule is CC(CCN)C(=O)Nc1cccc2ccccc12. The second-order valence-corrected chi connectivity index (χ2v) is 4.49. The average Bonchev–Trinajstić information content (AvgIpc) is 2.39. The van der Waals surface area contributed by atoms with Gasteiger partial charge in [-0.1, -0.05) is 43.3 Å². The van der Waals surface area contributed by atoms with Crippen LogP contribution >= 0.6 is 0 Å². The second kappa shape index (κ2) is 5.65. The van der Waals surface area contributed by atoms with E-state index < -0.39 is 0 Å². The molecule has 3 heteroatoms. The Bertz CT molecular complexity index is 546. The molecule has 0 aliphatic rings. The molecular formula is C15H18N2O. The van der Waals surface area contributed by atoms with Crippen LogP contribution in [0.15, 0.2) is 42.5 Å². The zero-order valence-electron chi connectivity index (χ0n) is 10.5. The Morgan fingerprint density at radius 3 is 2.72 bits per heavy atom. The molecule has 0 saturated heterocycles. The largest absolute Gasteiger partial charge is 0.330 e. The van der Waals surface area contributed by atoms with Crippen molar-refractivity contribution in [1.29, 1.82) is 0 Å². The number of carbonyl (C=O) groups is 1. The molecule has 0 saturated carbocycles. The lowest BCUT2D eigenvalue weighted by Gasteiger charge is -2.12. The van der Waals surface area contributed by atoms with Crippen molar-refractivity contribution in [3.63, 3.8) is 0 Å². The standard InChI is InChI=1S/C15H18N2O/c1-11(9-10-16)15(18)17-14-8-4-6-12-5-2-3-7-13(12)14/h2-8,11H,9-10,16H2,1H3,(H,17,18). The van der Waals surface area contributed by atoms with E-state index in [0.717, 1.165) is 16.5 Å². The van der Waals surface area contributed by atoms with Gasteiger partial charge in [-0.3, -0.25) is 4.79 Å². The van der Waals surface area contributed by atoms with Gasteiger partial charge in [-0.15, -0.1) is 0 Å². The van der Waals surface area contributed by atoms with E-state index in [4.69, 9.17) is 5.73 Å². The summed E-state index contributed by atoms with van der Waals surface area (Å²) in [5.41, 5.74) is 6.33. The maximum atomic E-state index is 12.0. The van der Waals surface area contributed by atoms with Crippen molar-refractivity contribution < 1.29 is 4.79 Å². The second-order valence-electron chi connectivity index (χ2n) is 4.49. The highest BCUT2D eigenvalue weighted by molar-refractivity contribution is 6.02. The molecule has 0 aliphatic heterocycles. The van der Waals surface area contributed by atoms with E-state index in [9.17, 15) is 4.79 Å². The van der Waals surface area contributed by atoms with Crippen LogP contribution in [-0.4, -0.2) is 12.5 Å². The summed E-state index contributed by atoms with van der Waals surface area (Å²) in [7, 11) is 0. The summed E-state index contributed by atoms with van der Waals surface area (Å²) in [6.45, 7) is 2.43. The topological polar surface area (TPSA) is 55.1 Å². The van der Waals surface area contributed by atoms with Crippen LogP contribution in [0.2, 0.25) is 0 Å². The van der Waals surface area contributed by atoms with Crippen LogP contribution < -0.4 is 11.1 Å². The molecule has 0 fully saturated rings. The van der Waals surface area contributed by atoms with Crippen molar-refractivity contribution in [2.75, 3.05) is 11.9 Å². The van der Waals surface area contributed by atoms with Gasteiger partial charge in [0.1, 0.15) is 0 Å². The van der Waals surface area contributed by atoms with Crippen LogP contribution in [0.4, 0.5) is 5.69 Å². The quantitative estimate of drug-likeness (QED) is 0.866. The predicted octanol–water partition coefficient (Wildman–Crippen LogP) is 2.76. The lowest BCUT2D eigenvalue weighted by Crippen LogP contribution is -2.22. The molecule has 0 radical (unpaired) electrons. The monoisotopic (exact) mass is 242 g/mol. The lowest BCUT2D eigenvalue weighted by atomic mass is 10.1. The molecule has 0 spiro atoms. The Balaban J connectivity index is 2.24. The number of nitrogens with one attached hydrogen (secondary N) is 1. The molecule has 2 aromatic carbocycles. The minimum atomic E-state index is -0.0611. The minimum Gasteiger partial charge on any atom is -0.330 e. The van der Waals surface area contributed by atoms with Crippen LogP contribution in [-0.2, 0) is 4.79 Å². The van der Waals surface area contributed by atoms with E-state index in [1.165, 1.54) is 0 Å². The maximum absolute atomic E-state index is 12.0. The molecule has 1 atom stereocenters. The molecule has 0 aromatic heterocycles. The van der Waals surface area contributed by atoms with E-state index >= 15 is 0 Å². The number of fused-ring (bicyclic) bond motifs is 1. The van der Waals surface area contributed by atoms with Gasteiger partial charge in [-0.25, -0.2) is 0 Å². The highest BCUT2D eigenvalue weighted by Crippen LogP contribution is 2.23. The van der Waals surface area contributed by atoms with Gasteiger partial charge in [0.25, 0.3) is 0 Å². The predicted molar refractivity (Wildman–Crippen MR) is 75.4 cm³/mol. The van der Waals surface area contributed by atoms with Gasteiger partial charge < -0.3 is 11.1 Å². The van der Waals surface area contributed by atoms with Crippen LogP contribution in [0.1, 0.15) is 13.3 Å². The summed E-state index contributed by atoms with van der Waals surface area (Å²) in [5, 5.41) is 5.16. The van der Waals surface area contributed by atoms with Crippen molar-refractivity contribution in [3.8, 4) is 0 Å². The third-order valence-corrected chi connectivity index (χ3v) is 3.09. The zero-order chi connectivity index (χ0) is 13.0. The molecule has 3 N–H and O–H groups in total. The molecule has 18 heavy (non-hydrogen) atoms. The van der Waals surface area contributed by atoms with Crippen LogP contribution in [0.25, 0.3) is 10.8 Å². The highest BCUT2D eigenvalue weighted by atomic mass is 16.1. The van der Waals surface area contributed by atoms with Gasteiger partial charge in [-0.05, 0) is 24.4 Å². The fourth-order valence-corrected chi connectivity index (χ4v) is 1.97. The number of anilines is 1. The van der Waals surface area contributed by atoms with E-state index in [2.05, 4.69) is 5.32 Å². The summed E-state index contributed by atoms with van der Waals surface area (Å²) in [6, 6.07) is 13.9.